The first-order valence-corrected chi connectivity index (χ1v) is 8.18. The van der Waals surface area contributed by atoms with Crippen LogP contribution in [0.3, 0.4) is 0 Å². The molecule has 0 radical (unpaired) electrons. The summed E-state index contributed by atoms with van der Waals surface area (Å²) in [6, 6.07) is 0.546. The number of piperidine rings is 1. The molecule has 2 fully saturated rings. The first kappa shape index (κ1) is 14.9. The van der Waals surface area contributed by atoms with Crippen LogP contribution < -0.4 is 5.32 Å². The Hall–Kier alpha value is -0.980. The summed E-state index contributed by atoms with van der Waals surface area (Å²) >= 11 is 0. The van der Waals surface area contributed by atoms with Crippen molar-refractivity contribution in [2.45, 2.75) is 44.8 Å². The number of hydrogen-bond acceptors (Lipinski definition) is 5. The van der Waals surface area contributed by atoms with E-state index in [0.29, 0.717) is 6.04 Å². The molecule has 0 unspecified atom stereocenters. The topological polar surface area (TPSA) is 55.2 Å². The molecule has 118 valence electrons. The second-order valence-electron chi connectivity index (χ2n) is 6.35. The molecule has 1 aromatic rings. The molecule has 1 atom stereocenters. The lowest BCUT2D eigenvalue weighted by molar-refractivity contribution is 0.111. The van der Waals surface area contributed by atoms with Crippen molar-refractivity contribution in [3.63, 3.8) is 0 Å². The minimum absolute atomic E-state index is 0.546. The molecule has 21 heavy (non-hydrogen) atoms. The van der Waals surface area contributed by atoms with Gasteiger partial charge in [-0.2, -0.15) is 0 Å². The van der Waals surface area contributed by atoms with Gasteiger partial charge in [0, 0.05) is 32.4 Å². The summed E-state index contributed by atoms with van der Waals surface area (Å²) in [4.78, 5) is 2.47. The normalized spacial score (nSPS) is 24.7. The molecule has 3 heterocycles. The van der Waals surface area contributed by atoms with E-state index in [2.05, 4.69) is 26.7 Å². The van der Waals surface area contributed by atoms with Crippen LogP contribution in [0.25, 0.3) is 0 Å². The van der Waals surface area contributed by atoms with Crippen LogP contribution in [0.5, 0.6) is 0 Å². The molecule has 6 heteroatoms. The Morgan fingerprint density at radius 3 is 3.00 bits per heavy atom. The molecule has 6 nitrogen and oxygen atoms in total. The van der Waals surface area contributed by atoms with Crippen molar-refractivity contribution in [1.82, 2.24) is 25.2 Å². The molecule has 0 saturated carbocycles. The van der Waals surface area contributed by atoms with Gasteiger partial charge in [-0.3, -0.25) is 9.58 Å². The van der Waals surface area contributed by atoms with Crippen molar-refractivity contribution in [3.05, 3.63) is 11.9 Å². The van der Waals surface area contributed by atoms with Crippen LogP contribution in [-0.4, -0.2) is 59.3 Å². The van der Waals surface area contributed by atoms with Gasteiger partial charge < -0.3 is 10.1 Å². The lowest BCUT2D eigenvalue weighted by Gasteiger charge is -2.22. The van der Waals surface area contributed by atoms with Gasteiger partial charge in [-0.05, 0) is 51.2 Å². The molecule has 1 N–H and O–H groups in total. The third-order valence-corrected chi connectivity index (χ3v) is 4.71. The molecule has 0 bridgehead atoms. The lowest BCUT2D eigenvalue weighted by atomic mass is 9.98. The fourth-order valence-corrected chi connectivity index (χ4v) is 3.52. The van der Waals surface area contributed by atoms with Crippen molar-refractivity contribution in [2.24, 2.45) is 5.92 Å². The van der Waals surface area contributed by atoms with Crippen molar-refractivity contribution in [2.75, 3.05) is 33.4 Å². The third-order valence-electron chi connectivity index (χ3n) is 4.71. The van der Waals surface area contributed by atoms with Gasteiger partial charge in [-0.1, -0.05) is 5.21 Å². The highest BCUT2D eigenvalue weighted by Gasteiger charge is 2.25. The second-order valence-corrected chi connectivity index (χ2v) is 6.35. The Kier molecular flexibility index (Phi) is 5.22. The second kappa shape index (κ2) is 7.33. The van der Waals surface area contributed by atoms with Crippen LogP contribution in [0, 0.1) is 5.92 Å². The van der Waals surface area contributed by atoms with Crippen LogP contribution in [0.4, 0.5) is 0 Å². The van der Waals surface area contributed by atoms with Gasteiger partial charge in [0.1, 0.15) is 0 Å². The highest BCUT2D eigenvalue weighted by atomic mass is 16.5. The van der Waals surface area contributed by atoms with E-state index in [1.165, 1.54) is 25.7 Å². The first-order chi connectivity index (χ1) is 10.3. The minimum Gasteiger partial charge on any atom is -0.383 e. The summed E-state index contributed by atoms with van der Waals surface area (Å²) in [5.41, 5.74) is 1.09. The summed E-state index contributed by atoms with van der Waals surface area (Å²) in [6.45, 7) is 6.16. The van der Waals surface area contributed by atoms with Gasteiger partial charge >= 0.3 is 0 Å². The molecular formula is C15H27N5O. The Bertz CT molecular complexity index is 429. The number of rotatable bonds is 6. The van der Waals surface area contributed by atoms with Crippen molar-refractivity contribution in [3.8, 4) is 0 Å². The van der Waals surface area contributed by atoms with Crippen LogP contribution in [0.1, 0.15) is 31.4 Å². The molecule has 1 aromatic heterocycles. The number of nitrogens with one attached hydrogen (secondary N) is 1. The number of ether oxygens (including phenoxy) is 1. The average molecular weight is 293 g/mol. The lowest BCUT2D eigenvalue weighted by Crippen LogP contribution is -2.32. The Balaban J connectivity index is 1.52. The van der Waals surface area contributed by atoms with E-state index in [1.807, 2.05) is 4.68 Å². The van der Waals surface area contributed by atoms with E-state index < -0.39 is 0 Å². The maximum absolute atomic E-state index is 5.31. The molecule has 2 aliphatic rings. The SMILES string of the molecule is COC[C@H]1CCCN1Cc1cn(CC2CCNCC2)nn1. The van der Waals surface area contributed by atoms with Gasteiger partial charge in [-0.25, -0.2) is 0 Å². The smallest absolute Gasteiger partial charge is 0.0967 e. The summed E-state index contributed by atoms with van der Waals surface area (Å²) in [7, 11) is 1.78. The number of methoxy groups -OCH3 is 1. The molecule has 0 amide bonds. The van der Waals surface area contributed by atoms with Crippen LogP contribution >= 0.6 is 0 Å². The number of aromatic nitrogens is 3. The highest BCUT2D eigenvalue weighted by Crippen LogP contribution is 2.20. The zero-order valence-electron chi connectivity index (χ0n) is 13.0. The van der Waals surface area contributed by atoms with Gasteiger partial charge in [0.2, 0.25) is 0 Å². The van der Waals surface area contributed by atoms with Crippen molar-refractivity contribution >= 4 is 0 Å². The predicted molar refractivity (Wildman–Crippen MR) is 80.9 cm³/mol. The monoisotopic (exact) mass is 293 g/mol. The Morgan fingerprint density at radius 2 is 2.19 bits per heavy atom. The molecule has 2 aliphatic heterocycles. The van der Waals surface area contributed by atoms with Crippen LogP contribution in [-0.2, 0) is 17.8 Å². The average Bonchev–Trinajstić information content (AvgIpc) is 3.11. The third kappa shape index (κ3) is 4.02. The van der Waals surface area contributed by atoms with E-state index in [4.69, 9.17) is 4.74 Å². The maximum atomic E-state index is 5.31. The van der Waals surface area contributed by atoms with Gasteiger partial charge in [-0.15, -0.1) is 5.10 Å². The fourth-order valence-electron chi connectivity index (χ4n) is 3.52. The Labute approximate surface area is 126 Å². The number of hydrogen-bond donors (Lipinski definition) is 1. The molecule has 0 aliphatic carbocycles. The summed E-state index contributed by atoms with van der Waals surface area (Å²) in [6.07, 6.45) is 7.12. The first-order valence-electron chi connectivity index (χ1n) is 8.18. The fraction of sp³-hybridized carbons (Fsp3) is 0.867. The molecule has 2 saturated heterocycles. The quantitative estimate of drug-likeness (QED) is 0.844. The number of likely N-dealkylation sites (tertiary alicyclic amines) is 1. The van der Waals surface area contributed by atoms with Gasteiger partial charge in [0.05, 0.1) is 12.3 Å². The van der Waals surface area contributed by atoms with Gasteiger partial charge in [0.25, 0.3) is 0 Å². The number of nitrogens with zero attached hydrogens (tertiary/aromatic N) is 4. The van der Waals surface area contributed by atoms with Crippen LogP contribution in [0.2, 0.25) is 0 Å². The molecule has 0 aromatic carbocycles. The van der Waals surface area contributed by atoms with Crippen molar-refractivity contribution < 1.29 is 4.74 Å². The van der Waals surface area contributed by atoms with E-state index in [9.17, 15) is 0 Å². The zero-order valence-corrected chi connectivity index (χ0v) is 13.0. The zero-order chi connectivity index (χ0) is 14.5. The summed E-state index contributed by atoms with van der Waals surface area (Å²) in [5, 5.41) is 12.1. The predicted octanol–water partition coefficient (Wildman–Crippen LogP) is 0.889. The standard InChI is InChI=1S/C15H27N5O/c1-21-12-15-3-2-8-19(15)10-14-11-20(18-17-14)9-13-4-6-16-7-5-13/h11,13,15-16H,2-10,12H2,1H3/t15-/m1/s1. The molecule has 3 rings (SSSR count). The minimum atomic E-state index is 0.546. The van der Waals surface area contributed by atoms with E-state index in [-0.39, 0.29) is 0 Å². The van der Waals surface area contributed by atoms with Crippen LogP contribution in [0.15, 0.2) is 6.20 Å². The van der Waals surface area contributed by atoms with E-state index in [0.717, 1.165) is 50.9 Å². The molecule has 0 spiro atoms. The van der Waals surface area contributed by atoms with Gasteiger partial charge in [0.15, 0.2) is 0 Å². The van der Waals surface area contributed by atoms with Crippen molar-refractivity contribution in [1.29, 1.82) is 0 Å². The van der Waals surface area contributed by atoms with E-state index in [1.54, 1.807) is 7.11 Å². The summed E-state index contributed by atoms with van der Waals surface area (Å²) < 4.78 is 7.35. The van der Waals surface area contributed by atoms with E-state index >= 15 is 0 Å². The maximum Gasteiger partial charge on any atom is 0.0967 e. The largest absolute Gasteiger partial charge is 0.383 e. The summed E-state index contributed by atoms with van der Waals surface area (Å²) in [5.74, 6) is 0.744. The Morgan fingerprint density at radius 1 is 1.33 bits per heavy atom. The highest BCUT2D eigenvalue weighted by molar-refractivity contribution is 4.95. The molecular weight excluding hydrogens is 266 g/mol.